The summed E-state index contributed by atoms with van der Waals surface area (Å²) in [7, 11) is 3.30. The van der Waals surface area contributed by atoms with Crippen LogP contribution in [-0.2, 0) is 0 Å². The van der Waals surface area contributed by atoms with E-state index in [9.17, 15) is 4.79 Å². The van der Waals surface area contributed by atoms with Crippen LogP contribution in [0.15, 0.2) is 85.1 Å². The fraction of sp³-hybridized carbons (Fsp3) is 0.267. The molecule has 1 aliphatic heterocycles. The lowest BCUT2D eigenvalue weighted by molar-refractivity contribution is 0.0938. The van der Waals surface area contributed by atoms with Gasteiger partial charge in [0.15, 0.2) is 0 Å². The number of carbonyl (C=O) groups excluding carboxylic acids is 1. The zero-order chi connectivity index (χ0) is 25.6. The summed E-state index contributed by atoms with van der Waals surface area (Å²) in [5.74, 6) is 1.33. The van der Waals surface area contributed by atoms with Crippen molar-refractivity contribution in [1.29, 1.82) is 0 Å². The van der Waals surface area contributed by atoms with Gasteiger partial charge in [-0.3, -0.25) is 9.69 Å². The second-order valence-corrected chi connectivity index (χ2v) is 9.11. The number of hydrogen-bond donors (Lipinski definition) is 1. The molecule has 4 aromatic rings. The lowest BCUT2D eigenvalue weighted by Crippen LogP contribution is -2.36. The molecule has 0 unspecified atom stereocenters. The van der Waals surface area contributed by atoms with E-state index in [1.807, 2.05) is 66.7 Å². The van der Waals surface area contributed by atoms with E-state index in [4.69, 9.17) is 14.6 Å². The Kier molecular flexibility index (Phi) is 7.51. The number of methoxy groups -OCH3 is 2. The first kappa shape index (κ1) is 24.6. The van der Waals surface area contributed by atoms with Crippen molar-refractivity contribution in [3.63, 3.8) is 0 Å². The van der Waals surface area contributed by atoms with E-state index in [0.29, 0.717) is 23.6 Å². The molecule has 1 atom stereocenters. The topological polar surface area (TPSA) is 68.6 Å². The van der Waals surface area contributed by atoms with Crippen molar-refractivity contribution >= 4 is 5.91 Å². The van der Waals surface area contributed by atoms with E-state index in [-0.39, 0.29) is 11.9 Å². The van der Waals surface area contributed by atoms with Gasteiger partial charge in [0.05, 0.1) is 31.5 Å². The first-order valence-electron chi connectivity index (χ1n) is 12.6. The van der Waals surface area contributed by atoms with Gasteiger partial charge in [0.2, 0.25) is 0 Å². The van der Waals surface area contributed by atoms with Gasteiger partial charge >= 0.3 is 0 Å². The smallest absolute Gasteiger partial charge is 0.255 e. The predicted octanol–water partition coefficient (Wildman–Crippen LogP) is 5.12. The number of benzene rings is 3. The molecule has 3 aromatic carbocycles. The van der Waals surface area contributed by atoms with Crippen LogP contribution in [-0.4, -0.2) is 54.4 Å². The second-order valence-electron chi connectivity index (χ2n) is 9.11. The molecule has 0 aliphatic carbocycles. The van der Waals surface area contributed by atoms with Crippen LogP contribution in [0.4, 0.5) is 0 Å². The summed E-state index contributed by atoms with van der Waals surface area (Å²) in [6.45, 7) is 2.53. The zero-order valence-electron chi connectivity index (χ0n) is 21.3. The van der Waals surface area contributed by atoms with Gasteiger partial charge in [0.25, 0.3) is 5.91 Å². The molecule has 1 fully saturated rings. The average Bonchev–Trinajstić information content (AvgIpc) is 3.65. The number of ether oxygens (including phenoxy) is 2. The Bertz CT molecular complexity index is 1330. The Hall–Kier alpha value is -4.10. The summed E-state index contributed by atoms with van der Waals surface area (Å²) < 4.78 is 12.7. The summed E-state index contributed by atoms with van der Waals surface area (Å²) in [5.41, 5.74) is 3.90. The Balaban J connectivity index is 1.45. The van der Waals surface area contributed by atoms with Crippen LogP contribution in [0, 0.1) is 0 Å². The van der Waals surface area contributed by atoms with Crippen LogP contribution in [0.2, 0.25) is 0 Å². The number of nitrogens with zero attached hydrogens (tertiary/aromatic N) is 3. The largest absolute Gasteiger partial charge is 0.497 e. The van der Waals surface area contributed by atoms with E-state index in [1.54, 1.807) is 25.1 Å². The molecular weight excluding hydrogens is 464 g/mol. The molecular formula is C30H32N4O3. The number of amides is 1. The first-order chi connectivity index (χ1) is 18.2. The summed E-state index contributed by atoms with van der Waals surface area (Å²) in [6, 6.07) is 25.6. The summed E-state index contributed by atoms with van der Waals surface area (Å²) in [6.07, 6.45) is 4.13. The minimum atomic E-state index is -0.166. The number of aromatic nitrogens is 2. The average molecular weight is 497 g/mol. The lowest BCUT2D eigenvalue weighted by atomic mass is 10.0. The number of para-hydroxylation sites is 2. The van der Waals surface area contributed by atoms with Crippen LogP contribution >= 0.6 is 0 Å². The molecule has 0 spiro atoms. The van der Waals surface area contributed by atoms with Crippen LogP contribution < -0.4 is 14.8 Å². The fourth-order valence-corrected chi connectivity index (χ4v) is 4.91. The predicted molar refractivity (Wildman–Crippen MR) is 144 cm³/mol. The maximum absolute atomic E-state index is 13.7. The molecule has 190 valence electrons. The zero-order valence-corrected chi connectivity index (χ0v) is 21.3. The van der Waals surface area contributed by atoms with Gasteiger partial charge in [-0.15, -0.1) is 0 Å². The minimum Gasteiger partial charge on any atom is -0.497 e. The highest BCUT2D eigenvalue weighted by molar-refractivity contribution is 6.00. The highest BCUT2D eigenvalue weighted by Crippen LogP contribution is 2.32. The van der Waals surface area contributed by atoms with E-state index < -0.39 is 0 Å². The van der Waals surface area contributed by atoms with Gasteiger partial charge in [-0.2, -0.15) is 5.10 Å². The van der Waals surface area contributed by atoms with Gasteiger partial charge < -0.3 is 14.8 Å². The van der Waals surface area contributed by atoms with Gasteiger partial charge in [-0.25, -0.2) is 4.68 Å². The summed E-state index contributed by atoms with van der Waals surface area (Å²) in [4.78, 5) is 16.1. The van der Waals surface area contributed by atoms with Crippen LogP contribution in [0.1, 0.15) is 34.8 Å². The summed E-state index contributed by atoms with van der Waals surface area (Å²) in [5, 5.41) is 8.02. The number of likely N-dealkylation sites (tertiary alicyclic amines) is 1. The molecule has 7 nitrogen and oxygen atoms in total. The molecule has 1 amide bonds. The molecule has 2 heterocycles. The van der Waals surface area contributed by atoms with Crippen LogP contribution in [0.25, 0.3) is 16.9 Å². The van der Waals surface area contributed by atoms with E-state index in [0.717, 1.165) is 35.7 Å². The van der Waals surface area contributed by atoms with Gasteiger partial charge in [-0.05, 0) is 67.9 Å². The molecule has 0 saturated carbocycles. The SMILES string of the molecule is COc1ccc([C@@H](CNC(=O)c2cn(-c3ccccc3)nc2-c2ccccc2OC)N2CCCC2)cc1. The quantitative estimate of drug-likeness (QED) is 0.348. The van der Waals surface area contributed by atoms with Gasteiger partial charge in [0.1, 0.15) is 17.2 Å². The van der Waals surface area contributed by atoms with Crippen molar-refractivity contribution in [1.82, 2.24) is 20.0 Å². The normalized spacial score (nSPS) is 14.3. The van der Waals surface area contributed by atoms with Crippen molar-refractivity contribution < 1.29 is 14.3 Å². The molecule has 5 rings (SSSR count). The molecule has 1 saturated heterocycles. The minimum absolute atomic E-state index is 0.0798. The number of carbonyl (C=O) groups is 1. The standard InChI is InChI=1S/C30H32N4O3/c1-36-24-16-14-22(15-17-24)27(33-18-8-9-19-33)20-31-30(35)26-21-34(23-10-4-3-5-11-23)32-29(26)25-12-6-7-13-28(25)37-2/h3-7,10-17,21,27H,8-9,18-20H2,1-2H3,(H,31,35)/t27-/m1/s1. The fourth-order valence-electron chi connectivity index (χ4n) is 4.91. The van der Waals surface area contributed by atoms with Crippen molar-refractivity contribution in [2.45, 2.75) is 18.9 Å². The highest BCUT2D eigenvalue weighted by atomic mass is 16.5. The van der Waals surface area contributed by atoms with E-state index in [1.165, 1.54) is 12.8 Å². The third kappa shape index (κ3) is 5.37. The van der Waals surface area contributed by atoms with Crippen molar-refractivity contribution in [3.8, 4) is 28.4 Å². The molecule has 1 aliphatic rings. The van der Waals surface area contributed by atoms with E-state index in [2.05, 4.69) is 22.3 Å². The Morgan fingerprint density at radius 3 is 2.32 bits per heavy atom. The Labute approximate surface area is 217 Å². The van der Waals surface area contributed by atoms with Crippen molar-refractivity contribution in [2.24, 2.45) is 0 Å². The number of hydrogen-bond acceptors (Lipinski definition) is 5. The second kappa shape index (κ2) is 11.3. The van der Waals surface area contributed by atoms with Gasteiger partial charge in [0, 0.05) is 18.3 Å². The first-order valence-corrected chi connectivity index (χ1v) is 12.6. The molecule has 1 N–H and O–H groups in total. The van der Waals surface area contributed by atoms with Crippen LogP contribution in [0.5, 0.6) is 11.5 Å². The Morgan fingerprint density at radius 2 is 1.62 bits per heavy atom. The van der Waals surface area contributed by atoms with Crippen molar-refractivity contribution in [2.75, 3.05) is 33.9 Å². The maximum atomic E-state index is 13.7. The molecule has 1 aromatic heterocycles. The van der Waals surface area contributed by atoms with E-state index >= 15 is 0 Å². The van der Waals surface area contributed by atoms with Crippen LogP contribution in [0.3, 0.4) is 0 Å². The number of nitrogens with one attached hydrogen (secondary N) is 1. The molecule has 37 heavy (non-hydrogen) atoms. The lowest BCUT2D eigenvalue weighted by Gasteiger charge is -2.28. The summed E-state index contributed by atoms with van der Waals surface area (Å²) >= 11 is 0. The Morgan fingerprint density at radius 1 is 0.919 bits per heavy atom. The maximum Gasteiger partial charge on any atom is 0.255 e. The third-order valence-electron chi connectivity index (χ3n) is 6.88. The van der Waals surface area contributed by atoms with Crippen molar-refractivity contribution in [3.05, 3.63) is 96.2 Å². The molecule has 7 heteroatoms. The van der Waals surface area contributed by atoms with Gasteiger partial charge in [-0.1, -0.05) is 42.5 Å². The molecule has 0 radical (unpaired) electrons. The number of rotatable bonds is 9. The third-order valence-corrected chi connectivity index (χ3v) is 6.88. The highest BCUT2D eigenvalue weighted by Gasteiger charge is 2.26. The molecule has 0 bridgehead atoms. The monoisotopic (exact) mass is 496 g/mol.